The Morgan fingerprint density at radius 1 is 1.33 bits per heavy atom. The number of anilines is 1. The molecule has 116 valence electrons. The van der Waals surface area contributed by atoms with Crippen LogP contribution in [0.1, 0.15) is 32.6 Å². The maximum absolute atomic E-state index is 13.7. The van der Waals surface area contributed by atoms with Gasteiger partial charge in [0, 0.05) is 6.42 Å². The first-order valence-corrected chi connectivity index (χ1v) is 7.18. The maximum Gasteiger partial charge on any atom is 0.202 e. The largest absolute Gasteiger partial charge is 0.475 e. The molecule has 0 aliphatic carbocycles. The number of benzene rings is 1. The fourth-order valence-corrected chi connectivity index (χ4v) is 2.42. The Bertz CT molecular complexity index is 523. The quantitative estimate of drug-likeness (QED) is 0.792. The first kappa shape index (κ1) is 15.7. The van der Waals surface area contributed by atoms with Crippen molar-refractivity contribution in [2.45, 2.75) is 44.8 Å². The highest BCUT2D eigenvalue weighted by Gasteiger charge is 2.33. The molecule has 1 aliphatic rings. The number of carbonyl (C=O) groups is 1. The van der Waals surface area contributed by atoms with Gasteiger partial charge in [0.2, 0.25) is 5.82 Å². The van der Waals surface area contributed by atoms with Crippen LogP contribution in [0.5, 0.6) is 5.75 Å². The van der Waals surface area contributed by atoms with E-state index in [0.717, 1.165) is 25.3 Å². The van der Waals surface area contributed by atoms with Crippen molar-refractivity contribution in [3.05, 3.63) is 23.8 Å². The fourth-order valence-electron chi connectivity index (χ4n) is 2.42. The monoisotopic (exact) mass is 298 g/mol. The third-order valence-electron chi connectivity index (χ3n) is 3.58. The van der Waals surface area contributed by atoms with Crippen LogP contribution in [0.25, 0.3) is 0 Å². The van der Waals surface area contributed by atoms with Crippen molar-refractivity contribution in [2.24, 2.45) is 5.73 Å². The number of Topliss-reactive ketones (excluding diaryl/α,β-unsaturated/α-hetero) is 1. The van der Waals surface area contributed by atoms with Crippen LogP contribution in [0.15, 0.2) is 12.1 Å². The molecule has 1 aromatic rings. The summed E-state index contributed by atoms with van der Waals surface area (Å²) >= 11 is 0. The molecule has 2 rings (SSSR count). The summed E-state index contributed by atoms with van der Waals surface area (Å²) in [5, 5.41) is 2.99. The lowest BCUT2D eigenvalue weighted by Gasteiger charge is -2.32. The number of ether oxygens (including phenoxy) is 1. The van der Waals surface area contributed by atoms with Crippen molar-refractivity contribution in [3.8, 4) is 5.75 Å². The molecule has 0 radical (unpaired) electrons. The maximum atomic E-state index is 13.7. The fraction of sp³-hybridized carbons (Fsp3) is 0.533. The molecule has 1 unspecified atom stereocenters. The van der Waals surface area contributed by atoms with Crippen LogP contribution in [-0.4, -0.2) is 24.5 Å². The summed E-state index contributed by atoms with van der Waals surface area (Å²) in [7, 11) is 0. The van der Waals surface area contributed by atoms with Gasteiger partial charge in [-0.1, -0.05) is 6.42 Å². The van der Waals surface area contributed by atoms with Gasteiger partial charge in [0.25, 0.3) is 0 Å². The summed E-state index contributed by atoms with van der Waals surface area (Å²) < 4.78 is 32.4. The molecule has 0 saturated carbocycles. The normalized spacial score (nSPS) is 20.4. The molecule has 1 heterocycles. The van der Waals surface area contributed by atoms with Crippen molar-refractivity contribution >= 4 is 11.5 Å². The van der Waals surface area contributed by atoms with Crippen LogP contribution < -0.4 is 15.8 Å². The zero-order chi connectivity index (χ0) is 15.4. The summed E-state index contributed by atoms with van der Waals surface area (Å²) in [5.41, 5.74) is 5.77. The highest BCUT2D eigenvalue weighted by atomic mass is 19.2. The van der Waals surface area contributed by atoms with E-state index in [-0.39, 0.29) is 17.6 Å². The number of hydrogen-bond acceptors (Lipinski definition) is 4. The molecule has 0 aromatic heterocycles. The number of fused-ring (bicyclic) bond motifs is 1. The molecule has 21 heavy (non-hydrogen) atoms. The molecule has 0 saturated heterocycles. The standard InChI is InChI=1S/C15H20F2N2O2/c1-9-14(12(20)5-3-2-4-8-18)21-15-11(19-9)7-6-10(16)13(15)17/h6-7,9,14,19H,2-5,8,18H2,1H3/t9-,14?/m1/s1. The first-order chi connectivity index (χ1) is 10.0. The first-order valence-electron chi connectivity index (χ1n) is 7.18. The summed E-state index contributed by atoms with van der Waals surface area (Å²) in [6.07, 6.45) is 2.02. The van der Waals surface area contributed by atoms with Gasteiger partial charge in [0.1, 0.15) is 0 Å². The Labute approximate surface area is 122 Å². The van der Waals surface area contributed by atoms with E-state index >= 15 is 0 Å². The van der Waals surface area contributed by atoms with E-state index in [1.54, 1.807) is 6.92 Å². The molecular weight excluding hydrogens is 278 g/mol. The predicted molar refractivity (Wildman–Crippen MR) is 76.4 cm³/mol. The number of halogens is 2. The number of nitrogens with one attached hydrogen (secondary N) is 1. The Morgan fingerprint density at radius 2 is 2.10 bits per heavy atom. The second kappa shape index (κ2) is 6.85. The average Bonchev–Trinajstić information content (AvgIpc) is 2.47. The van der Waals surface area contributed by atoms with Crippen LogP contribution in [0.3, 0.4) is 0 Å². The van der Waals surface area contributed by atoms with Gasteiger partial charge in [0.15, 0.2) is 23.5 Å². The lowest BCUT2D eigenvalue weighted by molar-refractivity contribution is -0.126. The van der Waals surface area contributed by atoms with Crippen molar-refractivity contribution in [1.82, 2.24) is 0 Å². The van der Waals surface area contributed by atoms with E-state index in [4.69, 9.17) is 10.5 Å². The summed E-state index contributed by atoms with van der Waals surface area (Å²) in [5.74, 6) is -2.37. The molecule has 1 aliphatic heterocycles. The second-order valence-electron chi connectivity index (χ2n) is 5.28. The molecule has 0 spiro atoms. The van der Waals surface area contributed by atoms with Crippen molar-refractivity contribution in [3.63, 3.8) is 0 Å². The van der Waals surface area contributed by atoms with E-state index < -0.39 is 17.7 Å². The predicted octanol–water partition coefficient (Wildman–Crippen LogP) is 2.61. The van der Waals surface area contributed by atoms with E-state index in [1.165, 1.54) is 6.07 Å². The molecule has 0 amide bonds. The molecule has 6 heteroatoms. The van der Waals surface area contributed by atoms with Gasteiger partial charge in [-0.25, -0.2) is 4.39 Å². The second-order valence-corrected chi connectivity index (χ2v) is 5.28. The zero-order valence-electron chi connectivity index (χ0n) is 12.0. The van der Waals surface area contributed by atoms with Crippen molar-refractivity contribution in [1.29, 1.82) is 0 Å². The minimum absolute atomic E-state index is 0.110. The van der Waals surface area contributed by atoms with Gasteiger partial charge in [0.05, 0.1) is 11.7 Å². The number of rotatable bonds is 6. The molecule has 2 atom stereocenters. The number of unbranched alkanes of at least 4 members (excludes halogenated alkanes) is 2. The highest BCUT2D eigenvalue weighted by molar-refractivity contribution is 5.85. The molecule has 0 bridgehead atoms. The van der Waals surface area contributed by atoms with E-state index in [2.05, 4.69) is 5.32 Å². The number of ketones is 1. The lowest BCUT2D eigenvalue weighted by Crippen LogP contribution is -2.45. The molecule has 1 aromatic carbocycles. The lowest BCUT2D eigenvalue weighted by atomic mass is 10.0. The number of hydrogen-bond donors (Lipinski definition) is 2. The van der Waals surface area contributed by atoms with E-state index in [1.807, 2.05) is 0 Å². The average molecular weight is 298 g/mol. The SMILES string of the molecule is C[C@H]1Nc2ccc(F)c(F)c2OC1C(=O)CCCCCN. The minimum Gasteiger partial charge on any atom is -0.475 e. The van der Waals surface area contributed by atoms with E-state index in [0.29, 0.717) is 18.7 Å². The zero-order valence-corrected chi connectivity index (χ0v) is 12.0. The minimum atomic E-state index is -1.06. The molecular formula is C15H20F2N2O2. The van der Waals surface area contributed by atoms with Crippen molar-refractivity contribution < 1.29 is 18.3 Å². The number of nitrogens with two attached hydrogens (primary N) is 1. The van der Waals surface area contributed by atoms with Gasteiger partial charge in [-0.15, -0.1) is 0 Å². The van der Waals surface area contributed by atoms with Gasteiger partial charge in [-0.05, 0) is 38.4 Å². The van der Waals surface area contributed by atoms with Crippen LogP contribution in [-0.2, 0) is 4.79 Å². The Balaban J connectivity index is 2.05. The van der Waals surface area contributed by atoms with Gasteiger partial charge >= 0.3 is 0 Å². The molecule has 0 fully saturated rings. The summed E-state index contributed by atoms with van der Waals surface area (Å²) in [6.45, 7) is 2.39. The Hall–Kier alpha value is -1.69. The van der Waals surface area contributed by atoms with Crippen LogP contribution >= 0.6 is 0 Å². The smallest absolute Gasteiger partial charge is 0.202 e. The van der Waals surface area contributed by atoms with Crippen LogP contribution in [0.4, 0.5) is 14.5 Å². The van der Waals surface area contributed by atoms with E-state index in [9.17, 15) is 13.6 Å². The molecule has 4 nitrogen and oxygen atoms in total. The van der Waals surface area contributed by atoms with Gasteiger partial charge in [-0.2, -0.15) is 4.39 Å². The van der Waals surface area contributed by atoms with Crippen molar-refractivity contribution in [2.75, 3.05) is 11.9 Å². The topological polar surface area (TPSA) is 64.3 Å². The van der Waals surface area contributed by atoms with Crippen LogP contribution in [0, 0.1) is 11.6 Å². The van der Waals surface area contributed by atoms with Crippen LogP contribution in [0.2, 0.25) is 0 Å². The summed E-state index contributed by atoms with van der Waals surface area (Å²) in [4.78, 5) is 12.2. The summed E-state index contributed by atoms with van der Waals surface area (Å²) in [6, 6.07) is 2.16. The Morgan fingerprint density at radius 3 is 2.81 bits per heavy atom. The highest BCUT2D eigenvalue weighted by Crippen LogP contribution is 2.35. The third kappa shape index (κ3) is 3.50. The molecule has 3 N–H and O–H groups in total. The van der Waals surface area contributed by atoms with Gasteiger partial charge < -0.3 is 15.8 Å². The third-order valence-corrected chi connectivity index (χ3v) is 3.58. The van der Waals surface area contributed by atoms with Gasteiger partial charge in [-0.3, -0.25) is 4.79 Å². The number of carbonyl (C=O) groups excluding carboxylic acids is 1. The Kier molecular flexibility index (Phi) is 5.12.